The smallest absolute Gasteiger partial charge is 0.152 e. The molecule has 58 valence electrons. The second-order valence-corrected chi connectivity index (χ2v) is 3.08. The Morgan fingerprint density at radius 2 is 2.45 bits per heavy atom. The number of fused-ring (bicyclic) bond motifs is 1. The van der Waals surface area contributed by atoms with Crippen molar-refractivity contribution in [1.82, 2.24) is 5.32 Å². The molecule has 0 amide bonds. The summed E-state index contributed by atoms with van der Waals surface area (Å²) >= 11 is 0. The van der Waals surface area contributed by atoms with Crippen LogP contribution in [0.15, 0.2) is 23.9 Å². The van der Waals surface area contributed by atoms with Crippen LogP contribution in [-0.2, 0) is 4.79 Å². The molecule has 2 aliphatic rings. The number of carbonyl (C=O) groups excluding carboxylic acids is 1. The number of allylic oxidation sites excluding steroid dienone is 4. The normalized spacial score (nSPS) is 28.9. The molecule has 0 spiro atoms. The van der Waals surface area contributed by atoms with Gasteiger partial charge < -0.3 is 5.32 Å². The van der Waals surface area contributed by atoms with Crippen LogP contribution in [0.25, 0.3) is 0 Å². The third kappa shape index (κ3) is 1.20. The van der Waals surface area contributed by atoms with Crippen molar-refractivity contribution < 1.29 is 4.79 Å². The van der Waals surface area contributed by atoms with Gasteiger partial charge in [-0.25, -0.2) is 0 Å². The molecule has 1 unspecified atom stereocenters. The summed E-state index contributed by atoms with van der Waals surface area (Å²) in [4.78, 5) is 11.0. The Morgan fingerprint density at radius 3 is 3.36 bits per heavy atom. The fourth-order valence-corrected chi connectivity index (χ4v) is 1.62. The fraction of sp³-hybridized carbons (Fsp3) is 0.444. The first-order valence-electron chi connectivity index (χ1n) is 3.98. The van der Waals surface area contributed by atoms with Crippen molar-refractivity contribution in [3.8, 4) is 0 Å². The van der Waals surface area contributed by atoms with E-state index in [1.807, 2.05) is 0 Å². The van der Waals surface area contributed by atoms with Crippen molar-refractivity contribution in [2.45, 2.75) is 12.8 Å². The molecule has 1 fully saturated rings. The van der Waals surface area contributed by atoms with Gasteiger partial charge in [-0.1, -0.05) is 12.2 Å². The largest absolute Gasteiger partial charge is 0.381 e. The Labute approximate surface area is 66.0 Å². The van der Waals surface area contributed by atoms with Gasteiger partial charge in [0.25, 0.3) is 0 Å². The van der Waals surface area contributed by atoms with Gasteiger partial charge in [-0.15, -0.1) is 0 Å². The predicted molar refractivity (Wildman–Crippen MR) is 43.0 cm³/mol. The number of rotatable bonds is 0. The number of nitrogens with one attached hydrogen (secondary N) is 1. The minimum absolute atomic E-state index is 0.336. The first kappa shape index (κ1) is 6.65. The number of hydrogen-bond donors (Lipinski definition) is 1. The van der Waals surface area contributed by atoms with Crippen LogP contribution in [0.1, 0.15) is 12.8 Å². The molecule has 11 heavy (non-hydrogen) atoms. The van der Waals surface area contributed by atoms with E-state index in [1.165, 1.54) is 5.70 Å². The van der Waals surface area contributed by atoms with E-state index < -0.39 is 0 Å². The average Bonchev–Trinajstić information content (AvgIpc) is 2.04. The number of Topliss-reactive ketones (excluding diaryl/α,β-unsaturated/α-hetero) is 1. The van der Waals surface area contributed by atoms with E-state index in [-0.39, 0.29) is 0 Å². The summed E-state index contributed by atoms with van der Waals surface area (Å²) in [7, 11) is 0. The van der Waals surface area contributed by atoms with Gasteiger partial charge >= 0.3 is 0 Å². The van der Waals surface area contributed by atoms with Crippen molar-refractivity contribution in [3.05, 3.63) is 23.9 Å². The Morgan fingerprint density at radius 1 is 1.55 bits per heavy atom. The Kier molecular flexibility index (Phi) is 1.53. The lowest BCUT2D eigenvalue weighted by Crippen LogP contribution is -2.34. The molecule has 1 aliphatic carbocycles. The molecule has 1 atom stereocenters. The predicted octanol–water partition coefficient (Wildman–Crippen LogP) is 1.01. The molecule has 1 saturated heterocycles. The number of piperidine rings is 1. The van der Waals surface area contributed by atoms with Gasteiger partial charge in [0.1, 0.15) is 0 Å². The highest BCUT2D eigenvalue weighted by Gasteiger charge is 2.23. The molecule has 0 saturated carbocycles. The lowest BCUT2D eigenvalue weighted by atomic mass is 9.89. The van der Waals surface area contributed by atoms with E-state index in [1.54, 1.807) is 0 Å². The zero-order valence-electron chi connectivity index (χ0n) is 6.34. The zero-order chi connectivity index (χ0) is 7.68. The topological polar surface area (TPSA) is 29.1 Å². The van der Waals surface area contributed by atoms with E-state index >= 15 is 0 Å². The summed E-state index contributed by atoms with van der Waals surface area (Å²) in [6, 6.07) is 0. The van der Waals surface area contributed by atoms with Crippen LogP contribution in [0.2, 0.25) is 0 Å². The highest BCUT2D eigenvalue weighted by atomic mass is 16.1. The van der Waals surface area contributed by atoms with Crippen LogP contribution in [-0.4, -0.2) is 12.3 Å². The summed E-state index contributed by atoms with van der Waals surface area (Å²) in [5.41, 5.74) is 1.24. The van der Waals surface area contributed by atoms with E-state index in [0.717, 1.165) is 12.8 Å². The fourth-order valence-electron chi connectivity index (χ4n) is 1.62. The summed E-state index contributed by atoms with van der Waals surface area (Å²) < 4.78 is 0. The maximum atomic E-state index is 11.0. The summed E-state index contributed by atoms with van der Waals surface area (Å²) in [5, 5.41) is 3.13. The zero-order valence-corrected chi connectivity index (χ0v) is 6.34. The van der Waals surface area contributed by atoms with Crippen LogP contribution in [0.4, 0.5) is 0 Å². The molecule has 0 bridgehead atoms. The maximum Gasteiger partial charge on any atom is 0.152 e. The van der Waals surface area contributed by atoms with Gasteiger partial charge in [-0.2, -0.15) is 0 Å². The van der Waals surface area contributed by atoms with Gasteiger partial charge in [-0.3, -0.25) is 4.79 Å². The summed E-state index contributed by atoms with van der Waals surface area (Å²) in [6.45, 7) is 0.524. The van der Waals surface area contributed by atoms with Gasteiger partial charge in [0.15, 0.2) is 5.78 Å². The van der Waals surface area contributed by atoms with Gasteiger partial charge in [0, 0.05) is 18.0 Å². The Balaban J connectivity index is 2.16. The highest BCUT2D eigenvalue weighted by molar-refractivity contribution is 5.82. The third-order valence-corrected chi connectivity index (χ3v) is 2.24. The minimum Gasteiger partial charge on any atom is -0.381 e. The molecule has 1 heterocycles. The molecule has 2 rings (SSSR count). The standard InChI is InChI=1S/C9H11NO/c11-8-5-7-3-1-2-4-9(7)10-6-8/h1-2,4,7,10H,3,5-6H2. The number of hydrogen-bond acceptors (Lipinski definition) is 2. The molecule has 2 nitrogen and oxygen atoms in total. The highest BCUT2D eigenvalue weighted by Crippen LogP contribution is 2.24. The second kappa shape index (κ2) is 2.53. The van der Waals surface area contributed by atoms with Crippen LogP contribution < -0.4 is 5.32 Å². The molecule has 0 aromatic carbocycles. The number of carbonyl (C=O) groups is 1. The van der Waals surface area contributed by atoms with Crippen molar-refractivity contribution in [1.29, 1.82) is 0 Å². The number of ketones is 1. The Bertz CT molecular complexity index is 240. The monoisotopic (exact) mass is 149 g/mol. The van der Waals surface area contributed by atoms with Crippen molar-refractivity contribution in [2.75, 3.05) is 6.54 Å². The third-order valence-electron chi connectivity index (χ3n) is 2.24. The van der Waals surface area contributed by atoms with Crippen molar-refractivity contribution in [3.63, 3.8) is 0 Å². The molecule has 0 aromatic heterocycles. The second-order valence-electron chi connectivity index (χ2n) is 3.08. The van der Waals surface area contributed by atoms with Crippen LogP contribution in [0, 0.1) is 5.92 Å². The SMILES string of the molecule is O=C1CNC2=CC=CCC2C1. The molecular formula is C9H11NO. The van der Waals surface area contributed by atoms with Gasteiger partial charge in [0.2, 0.25) is 0 Å². The van der Waals surface area contributed by atoms with Crippen LogP contribution >= 0.6 is 0 Å². The van der Waals surface area contributed by atoms with Gasteiger partial charge in [-0.05, 0) is 12.5 Å². The van der Waals surface area contributed by atoms with E-state index in [9.17, 15) is 4.79 Å². The maximum absolute atomic E-state index is 11.0. The minimum atomic E-state index is 0.336. The first-order chi connectivity index (χ1) is 5.36. The van der Waals surface area contributed by atoms with E-state index in [0.29, 0.717) is 18.2 Å². The average molecular weight is 149 g/mol. The quantitative estimate of drug-likeness (QED) is 0.557. The molecular weight excluding hydrogens is 138 g/mol. The lowest BCUT2D eigenvalue weighted by molar-refractivity contribution is -0.119. The molecule has 0 aromatic rings. The van der Waals surface area contributed by atoms with Crippen molar-refractivity contribution >= 4 is 5.78 Å². The van der Waals surface area contributed by atoms with Gasteiger partial charge in [0.05, 0.1) is 6.54 Å². The van der Waals surface area contributed by atoms with Crippen LogP contribution in [0.5, 0.6) is 0 Å². The molecule has 0 radical (unpaired) electrons. The molecule has 1 N–H and O–H groups in total. The lowest BCUT2D eigenvalue weighted by Gasteiger charge is -2.26. The Hall–Kier alpha value is -1.05. The first-order valence-corrected chi connectivity index (χ1v) is 3.98. The molecule has 1 aliphatic heterocycles. The van der Waals surface area contributed by atoms with E-state index in [4.69, 9.17) is 0 Å². The van der Waals surface area contributed by atoms with Crippen molar-refractivity contribution in [2.24, 2.45) is 5.92 Å². The van der Waals surface area contributed by atoms with Crippen LogP contribution in [0.3, 0.4) is 0 Å². The summed E-state index contributed by atoms with van der Waals surface area (Å²) in [5.74, 6) is 0.781. The molecule has 2 heteroatoms. The summed E-state index contributed by atoms with van der Waals surface area (Å²) in [6.07, 6.45) is 7.98. The van der Waals surface area contributed by atoms with E-state index in [2.05, 4.69) is 23.5 Å².